The van der Waals surface area contributed by atoms with E-state index in [4.69, 9.17) is 4.74 Å². The normalized spacial score (nSPS) is 17.6. The van der Waals surface area contributed by atoms with Crippen LogP contribution >= 0.6 is 15.9 Å². The number of hydrogen-bond donors (Lipinski definition) is 1. The van der Waals surface area contributed by atoms with E-state index >= 15 is 0 Å². The van der Waals surface area contributed by atoms with Gasteiger partial charge in [-0.1, -0.05) is 34.1 Å². The molecule has 0 aromatic heterocycles. The van der Waals surface area contributed by atoms with E-state index in [1.54, 1.807) is 17.0 Å². The smallest absolute Gasteiger partial charge is 0.253 e. The first-order chi connectivity index (χ1) is 11.6. The van der Waals surface area contributed by atoms with E-state index in [1.165, 1.54) is 0 Å². The number of carbonyl (C=O) groups excluding carboxylic acids is 2. The summed E-state index contributed by atoms with van der Waals surface area (Å²) in [5.41, 5.74) is 1.43. The summed E-state index contributed by atoms with van der Waals surface area (Å²) >= 11 is 3.34. The second kappa shape index (κ2) is 7.59. The Morgan fingerprint density at radius 3 is 2.58 bits per heavy atom. The van der Waals surface area contributed by atoms with Crippen molar-refractivity contribution in [3.8, 4) is 0 Å². The van der Waals surface area contributed by atoms with Crippen molar-refractivity contribution in [3.63, 3.8) is 0 Å². The molecule has 1 N–H and O–H groups in total. The summed E-state index contributed by atoms with van der Waals surface area (Å²) in [7, 11) is 0. The van der Waals surface area contributed by atoms with Crippen LogP contribution in [0.3, 0.4) is 0 Å². The van der Waals surface area contributed by atoms with E-state index in [-0.39, 0.29) is 24.5 Å². The molecule has 2 aromatic carbocycles. The topological polar surface area (TPSA) is 58.6 Å². The fourth-order valence-electron chi connectivity index (χ4n) is 2.52. The average molecular weight is 389 g/mol. The highest BCUT2D eigenvalue weighted by Gasteiger charge is 2.27. The SMILES string of the molecule is O=C(NCC1CN(c2ccccc2)C(=O)CO1)c1ccc(Br)cc1. The fraction of sp³-hybridized carbons (Fsp3) is 0.222. The zero-order valence-corrected chi connectivity index (χ0v) is 14.5. The number of nitrogens with one attached hydrogen (secondary N) is 1. The minimum Gasteiger partial charge on any atom is -0.365 e. The van der Waals surface area contributed by atoms with Crippen molar-refractivity contribution < 1.29 is 14.3 Å². The molecule has 0 spiro atoms. The van der Waals surface area contributed by atoms with Crippen LogP contribution in [-0.4, -0.2) is 37.6 Å². The third kappa shape index (κ3) is 4.01. The molecule has 24 heavy (non-hydrogen) atoms. The first-order valence-electron chi connectivity index (χ1n) is 7.64. The number of ether oxygens (including phenoxy) is 1. The molecule has 0 aliphatic carbocycles. The third-order valence-electron chi connectivity index (χ3n) is 3.79. The van der Waals surface area contributed by atoms with Crippen LogP contribution < -0.4 is 10.2 Å². The van der Waals surface area contributed by atoms with Gasteiger partial charge in [0.2, 0.25) is 0 Å². The number of benzene rings is 2. The molecule has 3 rings (SSSR count). The predicted molar refractivity (Wildman–Crippen MR) is 95.0 cm³/mol. The van der Waals surface area contributed by atoms with Crippen LogP contribution in [0.25, 0.3) is 0 Å². The first-order valence-corrected chi connectivity index (χ1v) is 8.43. The van der Waals surface area contributed by atoms with E-state index in [2.05, 4.69) is 21.2 Å². The second-order valence-corrected chi connectivity index (χ2v) is 6.41. The Balaban J connectivity index is 1.58. The third-order valence-corrected chi connectivity index (χ3v) is 4.32. The number of anilines is 1. The van der Waals surface area contributed by atoms with E-state index in [0.29, 0.717) is 18.7 Å². The van der Waals surface area contributed by atoms with Gasteiger partial charge in [0.15, 0.2) is 0 Å². The van der Waals surface area contributed by atoms with Gasteiger partial charge in [0, 0.05) is 22.3 Å². The molecule has 1 aliphatic heterocycles. The molecular weight excluding hydrogens is 372 g/mol. The van der Waals surface area contributed by atoms with Crippen LogP contribution in [0.15, 0.2) is 59.1 Å². The molecule has 1 heterocycles. The number of hydrogen-bond acceptors (Lipinski definition) is 3. The molecule has 1 atom stereocenters. The van der Waals surface area contributed by atoms with E-state index in [0.717, 1.165) is 10.2 Å². The first kappa shape index (κ1) is 16.7. The summed E-state index contributed by atoms with van der Waals surface area (Å²) < 4.78 is 6.46. The Bertz CT molecular complexity index is 719. The van der Waals surface area contributed by atoms with Crippen molar-refractivity contribution >= 4 is 33.4 Å². The molecule has 0 saturated carbocycles. The second-order valence-electron chi connectivity index (χ2n) is 5.49. The van der Waals surface area contributed by atoms with E-state index < -0.39 is 0 Å². The lowest BCUT2D eigenvalue weighted by molar-refractivity contribution is -0.129. The highest BCUT2D eigenvalue weighted by Crippen LogP contribution is 2.18. The van der Waals surface area contributed by atoms with Gasteiger partial charge in [-0.2, -0.15) is 0 Å². The number of para-hydroxylation sites is 1. The molecule has 1 fully saturated rings. The van der Waals surface area contributed by atoms with Gasteiger partial charge < -0.3 is 15.0 Å². The lowest BCUT2D eigenvalue weighted by Crippen LogP contribution is -2.50. The van der Waals surface area contributed by atoms with Gasteiger partial charge in [-0.15, -0.1) is 0 Å². The zero-order chi connectivity index (χ0) is 16.9. The van der Waals surface area contributed by atoms with Gasteiger partial charge in [-0.25, -0.2) is 0 Å². The van der Waals surface area contributed by atoms with Gasteiger partial charge in [0.1, 0.15) is 6.61 Å². The van der Waals surface area contributed by atoms with Crippen LogP contribution in [0.4, 0.5) is 5.69 Å². The van der Waals surface area contributed by atoms with Crippen molar-refractivity contribution in [2.75, 3.05) is 24.6 Å². The van der Waals surface area contributed by atoms with Crippen molar-refractivity contribution in [1.82, 2.24) is 5.32 Å². The lowest BCUT2D eigenvalue weighted by Gasteiger charge is -2.32. The van der Waals surface area contributed by atoms with Gasteiger partial charge in [0.25, 0.3) is 11.8 Å². The van der Waals surface area contributed by atoms with Gasteiger partial charge in [-0.3, -0.25) is 9.59 Å². The molecule has 0 radical (unpaired) electrons. The van der Waals surface area contributed by atoms with Gasteiger partial charge in [0.05, 0.1) is 12.6 Å². The molecule has 1 aliphatic rings. The summed E-state index contributed by atoms with van der Waals surface area (Å²) in [6.45, 7) is 0.794. The predicted octanol–water partition coefficient (Wildman–Crippen LogP) is 2.61. The maximum atomic E-state index is 12.2. The molecule has 0 bridgehead atoms. The Kier molecular flexibility index (Phi) is 5.27. The highest BCUT2D eigenvalue weighted by atomic mass is 79.9. The van der Waals surface area contributed by atoms with E-state index in [9.17, 15) is 9.59 Å². The lowest BCUT2D eigenvalue weighted by atomic mass is 10.2. The van der Waals surface area contributed by atoms with Crippen molar-refractivity contribution in [2.24, 2.45) is 0 Å². The highest BCUT2D eigenvalue weighted by molar-refractivity contribution is 9.10. The molecule has 1 unspecified atom stereocenters. The minimum absolute atomic E-state index is 0.0215. The van der Waals surface area contributed by atoms with Crippen LogP contribution in [-0.2, 0) is 9.53 Å². The number of morpholine rings is 1. The summed E-state index contributed by atoms with van der Waals surface area (Å²) in [5.74, 6) is -0.231. The average Bonchev–Trinajstić information content (AvgIpc) is 2.62. The molecular formula is C18H17BrN2O3. The molecule has 2 aromatic rings. The maximum absolute atomic E-state index is 12.2. The molecule has 124 valence electrons. The zero-order valence-electron chi connectivity index (χ0n) is 12.9. The largest absolute Gasteiger partial charge is 0.365 e. The maximum Gasteiger partial charge on any atom is 0.253 e. The van der Waals surface area contributed by atoms with Crippen LogP contribution in [0.5, 0.6) is 0 Å². The Morgan fingerprint density at radius 2 is 1.88 bits per heavy atom. The summed E-state index contributed by atoms with van der Waals surface area (Å²) in [5, 5.41) is 2.86. The number of halogens is 1. The van der Waals surface area contributed by atoms with E-state index in [1.807, 2.05) is 42.5 Å². The minimum atomic E-state index is -0.234. The van der Waals surface area contributed by atoms with Crippen LogP contribution in [0.1, 0.15) is 10.4 Å². The standard InChI is InChI=1S/C18H17BrN2O3/c19-14-8-6-13(7-9-14)18(23)20-10-16-11-21(17(22)12-24-16)15-4-2-1-3-5-15/h1-9,16H,10-12H2,(H,20,23). The van der Waals surface area contributed by atoms with Crippen LogP contribution in [0, 0.1) is 0 Å². The molecule has 2 amide bonds. The summed E-state index contributed by atoms with van der Waals surface area (Å²) in [6.07, 6.45) is -0.234. The Morgan fingerprint density at radius 1 is 1.17 bits per heavy atom. The fourth-order valence-corrected chi connectivity index (χ4v) is 2.78. The number of amides is 2. The van der Waals surface area contributed by atoms with Crippen molar-refractivity contribution in [1.29, 1.82) is 0 Å². The Labute approximate surface area is 148 Å². The summed E-state index contributed by atoms with van der Waals surface area (Å²) in [4.78, 5) is 25.9. The molecule has 6 heteroatoms. The van der Waals surface area contributed by atoms with Crippen molar-refractivity contribution in [3.05, 3.63) is 64.6 Å². The van der Waals surface area contributed by atoms with Crippen LogP contribution in [0.2, 0.25) is 0 Å². The number of rotatable bonds is 4. The Hall–Kier alpha value is -2.18. The molecule has 1 saturated heterocycles. The van der Waals surface area contributed by atoms with Gasteiger partial charge in [-0.05, 0) is 36.4 Å². The number of nitrogens with zero attached hydrogens (tertiary/aromatic N) is 1. The number of carbonyl (C=O) groups is 2. The van der Waals surface area contributed by atoms with Crippen molar-refractivity contribution in [2.45, 2.75) is 6.10 Å². The summed E-state index contributed by atoms with van der Waals surface area (Å²) in [6, 6.07) is 16.6. The van der Waals surface area contributed by atoms with Gasteiger partial charge >= 0.3 is 0 Å². The molecule has 5 nitrogen and oxygen atoms in total. The monoisotopic (exact) mass is 388 g/mol. The quantitative estimate of drug-likeness (QED) is 0.875.